The number of rotatable bonds is 2. The molecule has 98 valence electrons. The Morgan fingerprint density at radius 3 is 2.28 bits per heavy atom. The second-order valence-corrected chi connectivity index (χ2v) is 6.30. The van der Waals surface area contributed by atoms with E-state index in [1.807, 2.05) is 12.1 Å². The van der Waals surface area contributed by atoms with E-state index < -0.39 is 0 Å². The Morgan fingerprint density at radius 1 is 1.17 bits per heavy atom. The van der Waals surface area contributed by atoms with Crippen LogP contribution in [0.1, 0.15) is 37.3 Å². The zero-order valence-corrected chi connectivity index (χ0v) is 11.6. The monoisotopic (exact) mass is 264 g/mol. The lowest BCUT2D eigenvalue weighted by Gasteiger charge is -2.38. The minimum atomic E-state index is 0.166. The molecule has 0 amide bonds. The predicted octanol–water partition coefficient (Wildman–Crippen LogP) is 3.21. The molecule has 2 bridgehead atoms. The fourth-order valence-corrected chi connectivity index (χ4v) is 3.83. The van der Waals surface area contributed by atoms with Crippen LogP contribution in [0.15, 0.2) is 24.3 Å². The van der Waals surface area contributed by atoms with E-state index in [2.05, 4.69) is 24.1 Å². The molecule has 18 heavy (non-hydrogen) atoms. The third-order valence-corrected chi connectivity index (χ3v) is 5.15. The first kappa shape index (κ1) is 12.5. The predicted molar refractivity (Wildman–Crippen MR) is 75.7 cm³/mol. The van der Waals surface area contributed by atoms with Crippen LogP contribution in [0.4, 0.5) is 0 Å². The number of nitrogens with zero attached hydrogens (tertiary/aromatic N) is 1. The fourth-order valence-electron chi connectivity index (χ4n) is 3.70. The van der Waals surface area contributed by atoms with Crippen molar-refractivity contribution in [2.45, 2.75) is 43.8 Å². The molecule has 3 rings (SSSR count). The van der Waals surface area contributed by atoms with Gasteiger partial charge in [0.2, 0.25) is 0 Å². The lowest BCUT2D eigenvalue weighted by molar-refractivity contribution is 0.121. The van der Waals surface area contributed by atoms with Crippen molar-refractivity contribution in [2.24, 2.45) is 11.7 Å². The highest BCUT2D eigenvalue weighted by molar-refractivity contribution is 6.30. The lowest BCUT2D eigenvalue weighted by atomic mass is 9.82. The van der Waals surface area contributed by atoms with E-state index in [1.165, 1.54) is 31.2 Å². The second-order valence-electron chi connectivity index (χ2n) is 5.86. The van der Waals surface area contributed by atoms with Crippen molar-refractivity contribution in [1.29, 1.82) is 0 Å². The third kappa shape index (κ3) is 2.18. The molecule has 2 aliphatic heterocycles. The number of halogens is 1. The average Bonchev–Trinajstić information content (AvgIpc) is 2.62. The van der Waals surface area contributed by atoms with Crippen molar-refractivity contribution >= 4 is 11.6 Å². The summed E-state index contributed by atoms with van der Waals surface area (Å²) in [4.78, 5) is 2.56. The summed E-state index contributed by atoms with van der Waals surface area (Å²) in [5.74, 6) is 0.625. The highest BCUT2D eigenvalue weighted by Crippen LogP contribution is 2.41. The van der Waals surface area contributed by atoms with Crippen molar-refractivity contribution in [3.63, 3.8) is 0 Å². The Labute approximate surface area is 114 Å². The first-order chi connectivity index (χ1) is 8.65. The largest absolute Gasteiger partial charge is 0.324 e. The summed E-state index contributed by atoms with van der Waals surface area (Å²) in [7, 11) is 2.27. The highest BCUT2D eigenvalue weighted by Gasteiger charge is 2.40. The normalized spacial score (nSPS) is 33.6. The van der Waals surface area contributed by atoms with Crippen LogP contribution in [0.5, 0.6) is 0 Å². The third-order valence-electron chi connectivity index (χ3n) is 4.90. The molecule has 1 aromatic rings. The zero-order valence-electron chi connectivity index (χ0n) is 10.8. The molecule has 2 N–H and O–H groups in total. The standard InChI is InChI=1S/C15H21ClN2/c1-18-13-6-7-14(18)9-11(8-13)15(17)10-2-4-12(16)5-3-10/h2-5,11,13-15H,6-9,17H2,1H3/t13-,14-,15+/m0/s1. The van der Waals surface area contributed by atoms with E-state index in [9.17, 15) is 0 Å². The molecule has 0 spiro atoms. The summed E-state index contributed by atoms with van der Waals surface area (Å²) in [6.07, 6.45) is 5.20. The van der Waals surface area contributed by atoms with Gasteiger partial charge >= 0.3 is 0 Å². The van der Waals surface area contributed by atoms with Gasteiger partial charge in [-0.1, -0.05) is 23.7 Å². The van der Waals surface area contributed by atoms with Crippen LogP contribution >= 0.6 is 11.6 Å². The van der Waals surface area contributed by atoms with Crippen LogP contribution in [-0.4, -0.2) is 24.0 Å². The van der Waals surface area contributed by atoms with Gasteiger partial charge in [0.25, 0.3) is 0 Å². The Balaban J connectivity index is 1.74. The van der Waals surface area contributed by atoms with E-state index in [0.29, 0.717) is 5.92 Å². The smallest absolute Gasteiger partial charge is 0.0406 e. The molecule has 2 heterocycles. The van der Waals surface area contributed by atoms with Crippen molar-refractivity contribution < 1.29 is 0 Å². The molecular formula is C15H21ClN2. The molecule has 0 unspecified atom stereocenters. The first-order valence-corrected chi connectivity index (χ1v) is 7.26. The second kappa shape index (κ2) is 4.84. The minimum absolute atomic E-state index is 0.166. The fraction of sp³-hybridized carbons (Fsp3) is 0.600. The summed E-state index contributed by atoms with van der Waals surface area (Å²) >= 11 is 5.93. The molecule has 0 saturated carbocycles. The average molecular weight is 265 g/mol. The van der Waals surface area contributed by atoms with Gasteiger partial charge in [0.15, 0.2) is 0 Å². The molecule has 3 atom stereocenters. The van der Waals surface area contributed by atoms with Crippen molar-refractivity contribution in [3.05, 3.63) is 34.9 Å². The minimum Gasteiger partial charge on any atom is -0.324 e. The van der Waals surface area contributed by atoms with E-state index in [-0.39, 0.29) is 6.04 Å². The molecule has 2 saturated heterocycles. The first-order valence-electron chi connectivity index (χ1n) is 6.88. The lowest BCUT2D eigenvalue weighted by Crippen LogP contribution is -2.42. The van der Waals surface area contributed by atoms with E-state index in [4.69, 9.17) is 17.3 Å². The molecular weight excluding hydrogens is 244 g/mol. The Morgan fingerprint density at radius 2 is 1.72 bits per heavy atom. The molecule has 1 aromatic carbocycles. The van der Waals surface area contributed by atoms with Gasteiger partial charge in [0, 0.05) is 23.1 Å². The maximum atomic E-state index is 6.46. The molecule has 0 radical (unpaired) electrons. The van der Waals surface area contributed by atoms with Crippen LogP contribution in [0.25, 0.3) is 0 Å². The maximum Gasteiger partial charge on any atom is 0.0406 e. The molecule has 0 aliphatic carbocycles. The quantitative estimate of drug-likeness (QED) is 0.889. The number of hydrogen-bond donors (Lipinski definition) is 1. The Hall–Kier alpha value is -0.570. The summed E-state index contributed by atoms with van der Waals surface area (Å²) in [6, 6.07) is 9.72. The van der Waals surface area contributed by atoms with Crippen molar-refractivity contribution in [3.8, 4) is 0 Å². The topological polar surface area (TPSA) is 29.3 Å². The van der Waals surface area contributed by atoms with Crippen molar-refractivity contribution in [2.75, 3.05) is 7.05 Å². The van der Waals surface area contributed by atoms with Crippen LogP contribution in [0, 0.1) is 5.92 Å². The van der Waals surface area contributed by atoms with Crippen molar-refractivity contribution in [1.82, 2.24) is 4.90 Å². The van der Waals surface area contributed by atoms with Crippen LogP contribution in [-0.2, 0) is 0 Å². The molecule has 0 aromatic heterocycles. The number of nitrogens with two attached hydrogens (primary N) is 1. The Bertz CT molecular complexity index is 403. The van der Waals surface area contributed by atoms with Gasteiger partial charge in [-0.25, -0.2) is 0 Å². The molecule has 2 aliphatic rings. The van der Waals surface area contributed by atoms with E-state index >= 15 is 0 Å². The molecule has 2 fully saturated rings. The van der Waals surface area contributed by atoms with Gasteiger partial charge in [-0.3, -0.25) is 0 Å². The number of hydrogen-bond acceptors (Lipinski definition) is 2. The number of benzene rings is 1. The van der Waals surface area contributed by atoms with Gasteiger partial charge < -0.3 is 10.6 Å². The van der Waals surface area contributed by atoms with Gasteiger partial charge in [-0.05, 0) is 56.3 Å². The molecule has 2 nitrogen and oxygen atoms in total. The van der Waals surface area contributed by atoms with Gasteiger partial charge in [-0.15, -0.1) is 0 Å². The number of fused-ring (bicyclic) bond motifs is 2. The summed E-state index contributed by atoms with van der Waals surface area (Å²) in [5.41, 5.74) is 7.69. The summed E-state index contributed by atoms with van der Waals surface area (Å²) in [6.45, 7) is 0. The van der Waals surface area contributed by atoms with Gasteiger partial charge in [0.05, 0.1) is 0 Å². The number of piperidine rings is 1. The zero-order chi connectivity index (χ0) is 12.7. The van der Waals surface area contributed by atoms with E-state index in [1.54, 1.807) is 0 Å². The molecule has 3 heteroatoms. The van der Waals surface area contributed by atoms with Crippen LogP contribution < -0.4 is 5.73 Å². The van der Waals surface area contributed by atoms with Crippen LogP contribution in [0.2, 0.25) is 5.02 Å². The SMILES string of the molecule is CN1[C@H]2CC[C@H]1CC([C@H](N)c1ccc(Cl)cc1)C2. The van der Waals surface area contributed by atoms with Gasteiger partial charge in [0.1, 0.15) is 0 Å². The summed E-state index contributed by atoms with van der Waals surface area (Å²) < 4.78 is 0. The highest BCUT2D eigenvalue weighted by atomic mass is 35.5. The summed E-state index contributed by atoms with van der Waals surface area (Å²) in [5, 5.41) is 0.786. The van der Waals surface area contributed by atoms with E-state index in [0.717, 1.165) is 17.1 Å². The van der Waals surface area contributed by atoms with Crippen LogP contribution in [0.3, 0.4) is 0 Å². The Kier molecular flexibility index (Phi) is 3.35. The van der Waals surface area contributed by atoms with Gasteiger partial charge in [-0.2, -0.15) is 0 Å². The maximum absolute atomic E-state index is 6.46.